The fourth-order valence-electron chi connectivity index (χ4n) is 5.30. The van der Waals surface area contributed by atoms with Crippen LogP contribution in [0.4, 0.5) is 33.2 Å². The van der Waals surface area contributed by atoms with Crippen LogP contribution in [0.3, 0.4) is 0 Å². The minimum atomic E-state index is -0.617. The monoisotopic (exact) mass is 568 g/mol. The Hall–Kier alpha value is -3.47. The van der Waals surface area contributed by atoms with Crippen molar-refractivity contribution in [1.29, 1.82) is 0 Å². The molecule has 202 valence electrons. The number of rotatable bonds is 4. The largest absolute Gasteiger partial charge is 0.367 e. The van der Waals surface area contributed by atoms with Crippen LogP contribution in [0.5, 0.6) is 0 Å². The minimum absolute atomic E-state index is 0.0402. The molecular formula is C27H27Cl2FN8O. The number of carbonyl (C=O) groups is 1. The summed E-state index contributed by atoms with van der Waals surface area (Å²) in [7, 11) is 2.15. The average Bonchev–Trinajstić information content (AvgIpc) is 3.39. The van der Waals surface area contributed by atoms with Crippen molar-refractivity contribution in [2.45, 2.75) is 25.9 Å². The van der Waals surface area contributed by atoms with Crippen LogP contribution in [0.15, 0.2) is 47.6 Å². The minimum Gasteiger partial charge on any atom is -0.367 e. The third-order valence-electron chi connectivity index (χ3n) is 7.54. The van der Waals surface area contributed by atoms with Crippen LogP contribution in [0, 0.1) is 5.82 Å². The lowest BCUT2D eigenvalue weighted by atomic mass is 10.1. The Morgan fingerprint density at radius 1 is 1.08 bits per heavy atom. The number of amides is 1. The SMILES string of the molecule is C[C@@H]1CN(c2ccc(Nc3ncc4c(n3)N3CCN=C3N(c3c(F)cccc3Cl)C4=O)cc2Cl)C[C@H](C)N1C. The number of hydrogen-bond acceptors (Lipinski definition) is 8. The Balaban J connectivity index is 1.27. The number of benzene rings is 2. The van der Waals surface area contributed by atoms with E-state index in [4.69, 9.17) is 23.2 Å². The van der Waals surface area contributed by atoms with Crippen molar-refractivity contribution in [1.82, 2.24) is 14.9 Å². The number of nitrogens with zero attached hydrogens (tertiary/aromatic N) is 7. The number of fused-ring (bicyclic) bond motifs is 3. The van der Waals surface area contributed by atoms with Gasteiger partial charge >= 0.3 is 0 Å². The zero-order chi connectivity index (χ0) is 27.4. The number of nitrogens with one attached hydrogen (secondary N) is 1. The second kappa shape index (κ2) is 9.93. The molecule has 12 heteroatoms. The molecule has 0 unspecified atom stereocenters. The maximum atomic E-state index is 14.8. The van der Waals surface area contributed by atoms with E-state index < -0.39 is 11.7 Å². The third-order valence-corrected chi connectivity index (χ3v) is 8.15. The maximum absolute atomic E-state index is 14.8. The van der Waals surface area contributed by atoms with Gasteiger partial charge in [-0.25, -0.2) is 14.3 Å². The highest BCUT2D eigenvalue weighted by Crippen LogP contribution is 2.38. The number of para-hydroxylation sites is 1. The van der Waals surface area contributed by atoms with Gasteiger partial charge in [-0.3, -0.25) is 19.6 Å². The number of likely N-dealkylation sites (N-methyl/N-ethyl adjacent to an activating group) is 1. The van der Waals surface area contributed by atoms with Gasteiger partial charge in [0.25, 0.3) is 5.91 Å². The molecule has 0 radical (unpaired) electrons. The zero-order valence-electron chi connectivity index (χ0n) is 21.7. The first-order valence-corrected chi connectivity index (χ1v) is 13.5. The van der Waals surface area contributed by atoms with Gasteiger partial charge in [0, 0.05) is 43.6 Å². The molecule has 6 rings (SSSR count). The van der Waals surface area contributed by atoms with Gasteiger partial charge in [0.2, 0.25) is 11.9 Å². The Kier molecular flexibility index (Phi) is 6.57. The summed E-state index contributed by atoms with van der Waals surface area (Å²) < 4.78 is 14.8. The first kappa shape index (κ1) is 25.8. The molecule has 1 saturated heterocycles. The smallest absolute Gasteiger partial charge is 0.270 e. The molecule has 0 saturated carbocycles. The summed E-state index contributed by atoms with van der Waals surface area (Å²) in [6.07, 6.45) is 1.44. The summed E-state index contributed by atoms with van der Waals surface area (Å²) in [6.45, 7) is 7.12. The van der Waals surface area contributed by atoms with Crippen molar-refractivity contribution >= 4 is 63.9 Å². The summed E-state index contributed by atoms with van der Waals surface area (Å²) >= 11 is 13.0. The van der Waals surface area contributed by atoms with E-state index in [1.165, 1.54) is 29.3 Å². The molecule has 39 heavy (non-hydrogen) atoms. The van der Waals surface area contributed by atoms with E-state index in [1.807, 2.05) is 18.2 Å². The van der Waals surface area contributed by atoms with Crippen LogP contribution >= 0.6 is 23.2 Å². The van der Waals surface area contributed by atoms with E-state index in [1.54, 1.807) is 4.90 Å². The van der Waals surface area contributed by atoms with E-state index in [0.717, 1.165) is 24.5 Å². The van der Waals surface area contributed by atoms with Gasteiger partial charge in [0.15, 0.2) is 5.82 Å². The Morgan fingerprint density at radius 3 is 2.56 bits per heavy atom. The molecule has 9 nitrogen and oxygen atoms in total. The number of hydrogen-bond donors (Lipinski definition) is 1. The van der Waals surface area contributed by atoms with Crippen LogP contribution in [-0.4, -0.2) is 72.0 Å². The Labute approximate surface area is 235 Å². The highest BCUT2D eigenvalue weighted by molar-refractivity contribution is 6.38. The summed E-state index contributed by atoms with van der Waals surface area (Å²) in [5, 5.41) is 3.94. The van der Waals surface area contributed by atoms with Crippen molar-refractivity contribution in [3.8, 4) is 0 Å². The highest BCUT2D eigenvalue weighted by Gasteiger charge is 2.41. The van der Waals surface area contributed by atoms with E-state index in [2.05, 4.69) is 51.0 Å². The van der Waals surface area contributed by atoms with Gasteiger partial charge in [-0.15, -0.1) is 0 Å². The number of guanidine groups is 1. The lowest BCUT2D eigenvalue weighted by Crippen LogP contribution is -2.55. The molecule has 0 spiro atoms. The van der Waals surface area contributed by atoms with Crippen molar-refractivity contribution in [2.75, 3.05) is 53.2 Å². The Morgan fingerprint density at radius 2 is 1.85 bits per heavy atom. The second-order valence-electron chi connectivity index (χ2n) is 10.0. The van der Waals surface area contributed by atoms with Crippen LogP contribution < -0.4 is 20.0 Å². The van der Waals surface area contributed by atoms with E-state index in [9.17, 15) is 9.18 Å². The maximum Gasteiger partial charge on any atom is 0.270 e. The molecule has 2 atom stereocenters. The number of piperazine rings is 1. The number of aliphatic imine (C=N–C) groups is 1. The first-order valence-electron chi connectivity index (χ1n) is 12.7. The molecule has 0 bridgehead atoms. The fourth-order valence-corrected chi connectivity index (χ4v) is 5.85. The molecule has 2 aromatic carbocycles. The normalized spacial score (nSPS) is 21.1. The van der Waals surface area contributed by atoms with Gasteiger partial charge in [0.05, 0.1) is 22.3 Å². The summed E-state index contributed by atoms with van der Waals surface area (Å²) in [6, 6.07) is 10.9. The van der Waals surface area contributed by atoms with Crippen molar-refractivity contribution < 1.29 is 9.18 Å². The lowest BCUT2D eigenvalue weighted by Gasteiger charge is -2.43. The predicted octanol–water partition coefficient (Wildman–Crippen LogP) is 5.03. The summed E-state index contributed by atoms with van der Waals surface area (Å²) in [4.78, 5) is 34.6. The van der Waals surface area contributed by atoms with Gasteiger partial charge in [-0.2, -0.15) is 4.98 Å². The number of carbonyl (C=O) groups excluding carboxylic acids is 1. The van der Waals surface area contributed by atoms with Crippen LogP contribution in [0.2, 0.25) is 10.0 Å². The van der Waals surface area contributed by atoms with Crippen LogP contribution in [0.1, 0.15) is 24.2 Å². The summed E-state index contributed by atoms with van der Waals surface area (Å²) in [5.74, 6) is -0.124. The molecule has 4 heterocycles. The standard InChI is InChI=1S/C27H27Cl2FN8O/c1-15-13-36(14-16(2)35(15)3)22-8-7-17(11-20(22)29)33-26-32-12-18-24(34-26)37-10-9-31-27(37)38(25(18)39)23-19(28)5-4-6-21(23)30/h4-8,11-12,15-16H,9-10,13-14H2,1-3H3,(H,32,33,34)/t15-,16+. The average molecular weight is 569 g/mol. The molecular weight excluding hydrogens is 542 g/mol. The lowest BCUT2D eigenvalue weighted by molar-refractivity contribution is 0.0999. The van der Waals surface area contributed by atoms with Crippen LogP contribution in [-0.2, 0) is 0 Å². The molecule has 1 fully saturated rings. The molecule has 0 aliphatic carbocycles. The van der Waals surface area contributed by atoms with Gasteiger partial charge < -0.3 is 10.2 Å². The molecule has 3 aromatic rings. The molecule has 1 aromatic heterocycles. The number of halogens is 3. The summed E-state index contributed by atoms with van der Waals surface area (Å²) in [5.41, 5.74) is 1.89. The molecule has 3 aliphatic heterocycles. The van der Waals surface area contributed by atoms with Crippen molar-refractivity contribution in [2.24, 2.45) is 4.99 Å². The topological polar surface area (TPSA) is 80.2 Å². The zero-order valence-corrected chi connectivity index (χ0v) is 23.2. The van der Waals surface area contributed by atoms with E-state index >= 15 is 0 Å². The van der Waals surface area contributed by atoms with Gasteiger partial charge in [-0.1, -0.05) is 29.3 Å². The van der Waals surface area contributed by atoms with E-state index in [0.29, 0.717) is 42.0 Å². The van der Waals surface area contributed by atoms with Crippen LogP contribution in [0.25, 0.3) is 0 Å². The number of anilines is 5. The quantitative estimate of drug-likeness (QED) is 0.472. The van der Waals surface area contributed by atoms with Crippen molar-refractivity contribution in [3.05, 3.63) is 64.0 Å². The number of aromatic nitrogens is 2. The first-order chi connectivity index (χ1) is 18.7. The fraction of sp³-hybridized carbons (Fsp3) is 0.333. The molecule has 3 aliphatic rings. The second-order valence-corrected chi connectivity index (χ2v) is 10.8. The van der Waals surface area contributed by atoms with E-state index in [-0.39, 0.29) is 22.2 Å². The highest BCUT2D eigenvalue weighted by atomic mass is 35.5. The Bertz CT molecular complexity index is 1470. The van der Waals surface area contributed by atoms with Gasteiger partial charge in [-0.05, 0) is 51.2 Å². The van der Waals surface area contributed by atoms with Gasteiger partial charge in [0.1, 0.15) is 17.1 Å². The molecule has 1 amide bonds. The predicted molar refractivity (Wildman–Crippen MR) is 154 cm³/mol. The third kappa shape index (κ3) is 4.46. The van der Waals surface area contributed by atoms with Crippen molar-refractivity contribution in [3.63, 3.8) is 0 Å². The molecule has 1 N–H and O–H groups in total.